The SMILES string of the molecule is c1ccc(-c2cccc(-c3c(-c4nc(-c5cccc6c5oc5ccccc56)nc(-c5cccc6c5oc5ccccc56)n4)ccc(-c4ccccc4)c3-c3ccccc3)c2)cc1. The average Bonchev–Trinajstić information content (AvgIpc) is 3.93. The van der Waals surface area contributed by atoms with Gasteiger partial charge >= 0.3 is 0 Å². The molecule has 62 heavy (non-hydrogen) atoms. The highest BCUT2D eigenvalue weighted by atomic mass is 16.3. The van der Waals surface area contributed by atoms with Crippen LogP contribution in [0, 0.1) is 0 Å². The van der Waals surface area contributed by atoms with E-state index in [-0.39, 0.29) is 0 Å². The lowest BCUT2D eigenvalue weighted by atomic mass is 9.84. The van der Waals surface area contributed by atoms with Gasteiger partial charge in [-0.15, -0.1) is 0 Å². The first kappa shape index (κ1) is 35.5. The molecule has 0 amide bonds. The van der Waals surface area contributed by atoms with Crippen molar-refractivity contribution in [3.05, 3.63) is 212 Å². The van der Waals surface area contributed by atoms with E-state index in [2.05, 4.69) is 152 Å². The van der Waals surface area contributed by atoms with Gasteiger partial charge in [-0.3, -0.25) is 0 Å². The van der Waals surface area contributed by atoms with Crippen molar-refractivity contribution in [2.45, 2.75) is 0 Å². The number of aromatic nitrogens is 3. The summed E-state index contributed by atoms with van der Waals surface area (Å²) in [6.07, 6.45) is 0. The molecule has 0 spiro atoms. The van der Waals surface area contributed by atoms with Gasteiger partial charge in [0.15, 0.2) is 17.5 Å². The molecule has 0 saturated heterocycles. The number of nitrogens with zero attached hydrogens (tertiary/aromatic N) is 3. The fraction of sp³-hybridized carbons (Fsp3) is 0. The third kappa shape index (κ3) is 5.98. The van der Waals surface area contributed by atoms with E-state index in [1.54, 1.807) is 0 Å². The van der Waals surface area contributed by atoms with Crippen LogP contribution in [0.4, 0.5) is 0 Å². The summed E-state index contributed by atoms with van der Waals surface area (Å²) in [5.41, 5.74) is 14.2. The van der Waals surface area contributed by atoms with E-state index in [1.165, 1.54) is 0 Å². The summed E-state index contributed by atoms with van der Waals surface area (Å²) in [6, 6.07) is 73.5. The topological polar surface area (TPSA) is 65.0 Å². The minimum absolute atomic E-state index is 0.500. The average molecular weight is 794 g/mol. The predicted molar refractivity (Wildman–Crippen MR) is 252 cm³/mol. The molecule has 5 nitrogen and oxygen atoms in total. The molecule has 0 saturated carbocycles. The molecule has 3 heterocycles. The Morgan fingerprint density at radius 2 is 0.661 bits per heavy atom. The maximum Gasteiger partial charge on any atom is 0.167 e. The summed E-state index contributed by atoms with van der Waals surface area (Å²) in [4.78, 5) is 16.2. The summed E-state index contributed by atoms with van der Waals surface area (Å²) in [7, 11) is 0. The van der Waals surface area contributed by atoms with Crippen LogP contribution in [-0.4, -0.2) is 15.0 Å². The van der Waals surface area contributed by atoms with E-state index in [0.717, 1.165) is 105 Å². The standard InChI is InChI=1S/C57H35N3O2/c1-4-17-36(18-5-1)39-23-14-24-40(35-39)52-46(34-33-41(37-19-6-2-7-20-37)51(52)38-21-8-3-9-22-38)55-58-56(47-29-15-27-44-42-25-10-12-31-49(42)61-53(44)47)60-57(59-55)48-30-16-28-45-43-26-11-13-32-50(43)62-54(45)48/h1-35H. The maximum absolute atomic E-state index is 6.61. The Balaban J connectivity index is 1.19. The van der Waals surface area contributed by atoms with Crippen LogP contribution in [0.25, 0.3) is 123 Å². The van der Waals surface area contributed by atoms with Crippen LogP contribution in [-0.2, 0) is 0 Å². The highest BCUT2D eigenvalue weighted by molar-refractivity contribution is 6.11. The van der Waals surface area contributed by atoms with Crippen molar-refractivity contribution >= 4 is 43.9 Å². The highest BCUT2D eigenvalue weighted by Crippen LogP contribution is 2.47. The molecule has 12 aromatic rings. The maximum atomic E-state index is 6.61. The largest absolute Gasteiger partial charge is 0.455 e. The zero-order valence-corrected chi connectivity index (χ0v) is 33.4. The molecule has 290 valence electrons. The monoisotopic (exact) mass is 793 g/mol. The van der Waals surface area contributed by atoms with E-state index >= 15 is 0 Å². The lowest BCUT2D eigenvalue weighted by Gasteiger charge is -2.21. The molecule has 0 aliphatic carbocycles. The van der Waals surface area contributed by atoms with E-state index in [1.807, 2.05) is 60.7 Å². The van der Waals surface area contributed by atoms with Gasteiger partial charge in [-0.05, 0) is 75.3 Å². The zero-order valence-electron chi connectivity index (χ0n) is 33.4. The lowest BCUT2D eigenvalue weighted by molar-refractivity contribution is 0.669. The first-order valence-corrected chi connectivity index (χ1v) is 20.8. The Labute approximate surface area is 357 Å². The van der Waals surface area contributed by atoms with Crippen LogP contribution >= 0.6 is 0 Å². The van der Waals surface area contributed by atoms with E-state index < -0.39 is 0 Å². The first-order chi connectivity index (χ1) is 30.7. The van der Waals surface area contributed by atoms with Gasteiger partial charge < -0.3 is 8.83 Å². The summed E-state index contributed by atoms with van der Waals surface area (Å²) in [5.74, 6) is 1.53. The highest BCUT2D eigenvalue weighted by Gasteiger charge is 2.25. The van der Waals surface area contributed by atoms with Crippen molar-refractivity contribution < 1.29 is 8.83 Å². The molecular formula is C57H35N3O2. The van der Waals surface area contributed by atoms with Crippen molar-refractivity contribution in [3.8, 4) is 78.7 Å². The second-order valence-corrected chi connectivity index (χ2v) is 15.5. The van der Waals surface area contributed by atoms with Crippen molar-refractivity contribution in [2.24, 2.45) is 0 Å². The normalized spacial score (nSPS) is 11.5. The van der Waals surface area contributed by atoms with Gasteiger partial charge in [0.2, 0.25) is 0 Å². The molecule has 0 radical (unpaired) electrons. The minimum Gasteiger partial charge on any atom is -0.455 e. The van der Waals surface area contributed by atoms with Crippen LogP contribution in [0.1, 0.15) is 0 Å². The second kappa shape index (κ2) is 14.7. The number of rotatable bonds is 7. The minimum atomic E-state index is 0.500. The number of hydrogen-bond donors (Lipinski definition) is 0. The van der Waals surface area contributed by atoms with Crippen LogP contribution < -0.4 is 0 Å². The van der Waals surface area contributed by atoms with E-state index in [4.69, 9.17) is 23.8 Å². The summed E-state index contributed by atoms with van der Waals surface area (Å²) >= 11 is 0. The molecule has 0 fully saturated rings. The van der Waals surface area contributed by atoms with Crippen LogP contribution in [0.2, 0.25) is 0 Å². The van der Waals surface area contributed by atoms with Gasteiger partial charge in [-0.2, -0.15) is 0 Å². The van der Waals surface area contributed by atoms with E-state index in [9.17, 15) is 0 Å². The van der Waals surface area contributed by atoms with Crippen molar-refractivity contribution in [2.75, 3.05) is 0 Å². The second-order valence-electron chi connectivity index (χ2n) is 15.5. The molecular weight excluding hydrogens is 759 g/mol. The fourth-order valence-corrected chi connectivity index (χ4v) is 8.92. The van der Waals surface area contributed by atoms with E-state index in [0.29, 0.717) is 17.5 Å². The van der Waals surface area contributed by atoms with Gasteiger partial charge in [0.25, 0.3) is 0 Å². The molecule has 0 bridgehead atoms. The number of furan rings is 2. The zero-order chi connectivity index (χ0) is 41.0. The Hall–Kier alpha value is -8.41. The third-order valence-corrected chi connectivity index (χ3v) is 11.8. The van der Waals surface area contributed by atoms with Crippen LogP contribution in [0.5, 0.6) is 0 Å². The summed E-state index contributed by atoms with van der Waals surface area (Å²) in [6.45, 7) is 0. The first-order valence-electron chi connectivity index (χ1n) is 20.8. The van der Waals surface area contributed by atoms with Crippen LogP contribution in [0.15, 0.2) is 221 Å². The van der Waals surface area contributed by atoms with Crippen molar-refractivity contribution in [1.82, 2.24) is 15.0 Å². The lowest BCUT2D eigenvalue weighted by Crippen LogP contribution is -2.03. The molecule has 0 unspecified atom stereocenters. The molecule has 0 aliphatic heterocycles. The predicted octanol–water partition coefficient (Wildman–Crippen LogP) is 15.3. The Kier molecular flexibility index (Phi) is 8.42. The Morgan fingerprint density at radius 3 is 1.24 bits per heavy atom. The molecule has 3 aromatic heterocycles. The Bertz CT molecular complexity index is 3500. The molecule has 12 rings (SSSR count). The van der Waals surface area contributed by atoms with Gasteiger partial charge in [-0.25, -0.2) is 15.0 Å². The number of para-hydroxylation sites is 4. The Morgan fingerprint density at radius 1 is 0.258 bits per heavy atom. The summed E-state index contributed by atoms with van der Waals surface area (Å²) in [5, 5.41) is 4.07. The smallest absolute Gasteiger partial charge is 0.167 e. The number of fused-ring (bicyclic) bond motifs is 6. The molecule has 0 aliphatic rings. The van der Waals surface area contributed by atoms with Crippen molar-refractivity contribution in [1.29, 1.82) is 0 Å². The van der Waals surface area contributed by atoms with Crippen LogP contribution in [0.3, 0.4) is 0 Å². The molecule has 9 aromatic carbocycles. The van der Waals surface area contributed by atoms with Crippen molar-refractivity contribution in [3.63, 3.8) is 0 Å². The molecule has 5 heteroatoms. The number of benzene rings is 9. The van der Waals surface area contributed by atoms with Gasteiger partial charge in [0.05, 0.1) is 11.1 Å². The quantitative estimate of drug-likeness (QED) is 0.161. The third-order valence-electron chi connectivity index (χ3n) is 11.8. The molecule has 0 atom stereocenters. The number of hydrogen-bond acceptors (Lipinski definition) is 5. The summed E-state index contributed by atoms with van der Waals surface area (Å²) < 4.78 is 13.2. The molecule has 0 N–H and O–H groups in total. The van der Waals surface area contributed by atoms with Gasteiger partial charge in [0, 0.05) is 32.7 Å². The van der Waals surface area contributed by atoms with Gasteiger partial charge in [0.1, 0.15) is 22.3 Å². The fourth-order valence-electron chi connectivity index (χ4n) is 8.92. The van der Waals surface area contributed by atoms with Gasteiger partial charge in [-0.1, -0.05) is 176 Å².